The van der Waals surface area contributed by atoms with Crippen LogP contribution in [0.25, 0.3) is 0 Å². The molecule has 2 aliphatic rings. The maximum Gasteiger partial charge on any atom is 0.243 e. The van der Waals surface area contributed by atoms with Crippen LogP contribution in [0.2, 0.25) is 0 Å². The van der Waals surface area contributed by atoms with Gasteiger partial charge in [-0.3, -0.25) is 0 Å². The first kappa shape index (κ1) is 17.2. The highest BCUT2D eigenvalue weighted by Gasteiger charge is 2.30. The lowest BCUT2D eigenvalue weighted by Gasteiger charge is -2.34. The molecule has 7 nitrogen and oxygen atoms in total. The largest absolute Gasteiger partial charge is 0.497 e. The van der Waals surface area contributed by atoms with E-state index < -0.39 is 10.0 Å². The minimum absolute atomic E-state index is 0.263. The fourth-order valence-electron chi connectivity index (χ4n) is 3.17. The van der Waals surface area contributed by atoms with Crippen LogP contribution < -0.4 is 9.64 Å². The minimum Gasteiger partial charge on any atom is -0.497 e. The van der Waals surface area contributed by atoms with Gasteiger partial charge in [-0.25, -0.2) is 8.42 Å². The number of nitrogens with zero attached hydrogens (tertiary/aromatic N) is 4. The van der Waals surface area contributed by atoms with Crippen LogP contribution in [-0.2, 0) is 10.0 Å². The van der Waals surface area contributed by atoms with E-state index in [2.05, 4.69) is 15.1 Å². The average molecular weight is 374 g/mol. The van der Waals surface area contributed by atoms with Crippen LogP contribution in [0.4, 0.5) is 5.82 Å². The number of hydrogen-bond donors (Lipinski definition) is 0. The highest BCUT2D eigenvalue weighted by atomic mass is 32.2. The van der Waals surface area contributed by atoms with E-state index in [9.17, 15) is 8.42 Å². The number of benzene rings is 1. The number of hydrogen-bond acceptors (Lipinski definition) is 6. The lowest BCUT2D eigenvalue weighted by atomic mass is 10.2. The zero-order chi connectivity index (χ0) is 18.1. The van der Waals surface area contributed by atoms with Gasteiger partial charge in [0.1, 0.15) is 5.75 Å². The quantitative estimate of drug-likeness (QED) is 0.795. The van der Waals surface area contributed by atoms with Crippen molar-refractivity contribution in [3.8, 4) is 5.75 Å². The maximum absolute atomic E-state index is 12.8. The molecule has 1 aromatic heterocycles. The summed E-state index contributed by atoms with van der Waals surface area (Å²) in [5.74, 6) is 1.94. The van der Waals surface area contributed by atoms with Crippen molar-refractivity contribution >= 4 is 15.8 Å². The zero-order valence-electron chi connectivity index (χ0n) is 14.7. The molecule has 1 aromatic carbocycles. The van der Waals surface area contributed by atoms with Gasteiger partial charge in [0.05, 0.1) is 17.7 Å². The average Bonchev–Trinajstić information content (AvgIpc) is 3.54. The van der Waals surface area contributed by atoms with Gasteiger partial charge in [0.25, 0.3) is 0 Å². The topological polar surface area (TPSA) is 75.6 Å². The Morgan fingerprint density at radius 3 is 2.42 bits per heavy atom. The van der Waals surface area contributed by atoms with Crippen molar-refractivity contribution in [1.29, 1.82) is 0 Å². The van der Waals surface area contributed by atoms with Gasteiger partial charge in [-0.2, -0.15) is 9.40 Å². The number of methoxy groups -OCH3 is 1. The molecule has 0 unspecified atom stereocenters. The molecule has 1 saturated carbocycles. The van der Waals surface area contributed by atoms with E-state index in [1.165, 1.54) is 24.3 Å². The van der Waals surface area contributed by atoms with Crippen LogP contribution in [0.15, 0.2) is 41.3 Å². The van der Waals surface area contributed by atoms with Gasteiger partial charge in [-0.05, 0) is 37.1 Å². The number of sulfonamides is 1. The minimum atomic E-state index is -3.52. The summed E-state index contributed by atoms with van der Waals surface area (Å²) >= 11 is 0. The van der Waals surface area contributed by atoms with Crippen molar-refractivity contribution in [1.82, 2.24) is 14.5 Å². The summed E-state index contributed by atoms with van der Waals surface area (Å²) in [6.45, 7) is 2.04. The van der Waals surface area contributed by atoms with Gasteiger partial charge in [-0.15, -0.1) is 5.10 Å². The third kappa shape index (κ3) is 3.39. The summed E-state index contributed by atoms with van der Waals surface area (Å²) in [5, 5.41) is 8.64. The van der Waals surface area contributed by atoms with E-state index in [1.54, 1.807) is 24.3 Å². The van der Waals surface area contributed by atoms with Crippen LogP contribution in [0.5, 0.6) is 5.75 Å². The maximum atomic E-state index is 12.8. The van der Waals surface area contributed by atoms with Crippen molar-refractivity contribution in [3.05, 3.63) is 42.1 Å². The van der Waals surface area contributed by atoms with Crippen LogP contribution in [0.3, 0.4) is 0 Å². The molecule has 2 fully saturated rings. The molecule has 0 N–H and O–H groups in total. The number of aromatic nitrogens is 2. The Hall–Kier alpha value is -2.19. The Morgan fingerprint density at radius 2 is 1.81 bits per heavy atom. The molecule has 2 heterocycles. The van der Waals surface area contributed by atoms with E-state index in [4.69, 9.17) is 4.74 Å². The molecule has 4 rings (SSSR count). The van der Waals surface area contributed by atoms with Crippen molar-refractivity contribution in [2.75, 3.05) is 38.2 Å². The lowest BCUT2D eigenvalue weighted by molar-refractivity contribution is 0.382. The second-order valence-corrected chi connectivity index (χ2v) is 8.60. The lowest BCUT2D eigenvalue weighted by Crippen LogP contribution is -2.49. The molecular weight excluding hydrogens is 352 g/mol. The number of ether oxygens (including phenoxy) is 1. The molecule has 0 spiro atoms. The fourth-order valence-corrected chi connectivity index (χ4v) is 4.63. The summed E-state index contributed by atoms with van der Waals surface area (Å²) in [6.07, 6.45) is 2.41. The van der Waals surface area contributed by atoms with E-state index in [-0.39, 0.29) is 4.90 Å². The third-order valence-electron chi connectivity index (χ3n) is 4.91. The molecule has 138 valence electrons. The predicted octanol–water partition coefficient (Wildman–Crippen LogP) is 1.87. The Kier molecular flexibility index (Phi) is 4.54. The van der Waals surface area contributed by atoms with Gasteiger partial charge in [0.15, 0.2) is 5.82 Å². The van der Waals surface area contributed by atoms with Crippen molar-refractivity contribution in [2.24, 2.45) is 0 Å². The third-order valence-corrected chi connectivity index (χ3v) is 6.80. The van der Waals surface area contributed by atoms with Gasteiger partial charge >= 0.3 is 0 Å². The van der Waals surface area contributed by atoms with Crippen LogP contribution >= 0.6 is 0 Å². The monoisotopic (exact) mass is 374 g/mol. The molecular formula is C18H22N4O3S. The second kappa shape index (κ2) is 6.85. The van der Waals surface area contributed by atoms with Crippen LogP contribution in [0.1, 0.15) is 24.5 Å². The van der Waals surface area contributed by atoms with Crippen molar-refractivity contribution in [2.45, 2.75) is 23.7 Å². The Balaban J connectivity index is 1.43. The Bertz CT molecular complexity index is 874. The molecule has 1 aliphatic carbocycles. The first-order chi connectivity index (χ1) is 12.6. The SMILES string of the molecule is COc1cccc(S(=O)(=O)N2CCN(c3ccc(C4CC4)nn3)CC2)c1. The number of anilines is 1. The molecule has 1 aliphatic heterocycles. The fraction of sp³-hybridized carbons (Fsp3) is 0.444. The summed E-state index contributed by atoms with van der Waals surface area (Å²) in [7, 11) is -1.99. The predicted molar refractivity (Wildman–Crippen MR) is 98.0 cm³/mol. The first-order valence-corrected chi connectivity index (χ1v) is 10.2. The summed E-state index contributed by atoms with van der Waals surface area (Å²) in [5.41, 5.74) is 1.06. The smallest absolute Gasteiger partial charge is 0.243 e. The van der Waals surface area contributed by atoms with Crippen molar-refractivity contribution in [3.63, 3.8) is 0 Å². The zero-order valence-corrected chi connectivity index (χ0v) is 15.5. The Labute approximate surface area is 153 Å². The standard InChI is InChI=1S/C18H22N4O3S/c1-25-15-3-2-4-16(13-15)26(23,24)22-11-9-21(10-12-22)18-8-7-17(19-20-18)14-5-6-14/h2-4,7-8,13-14H,5-6,9-12H2,1H3. The number of piperazine rings is 1. The van der Waals surface area contributed by atoms with E-state index in [0.717, 1.165) is 11.5 Å². The molecule has 1 saturated heterocycles. The van der Waals surface area contributed by atoms with Gasteiger partial charge in [0.2, 0.25) is 10.0 Å². The number of rotatable bonds is 5. The summed E-state index contributed by atoms with van der Waals surface area (Å²) in [6, 6.07) is 10.6. The molecule has 2 aromatic rings. The second-order valence-electron chi connectivity index (χ2n) is 6.66. The summed E-state index contributed by atoms with van der Waals surface area (Å²) < 4.78 is 32.4. The van der Waals surface area contributed by atoms with Crippen LogP contribution in [0, 0.1) is 0 Å². The normalized spacial score (nSPS) is 18.7. The van der Waals surface area contributed by atoms with Gasteiger partial charge in [-0.1, -0.05) is 6.07 Å². The molecule has 0 atom stereocenters. The highest BCUT2D eigenvalue weighted by molar-refractivity contribution is 7.89. The summed E-state index contributed by atoms with van der Waals surface area (Å²) in [4.78, 5) is 2.35. The Morgan fingerprint density at radius 1 is 1.04 bits per heavy atom. The molecule has 0 bridgehead atoms. The van der Waals surface area contributed by atoms with Gasteiger partial charge < -0.3 is 9.64 Å². The van der Waals surface area contributed by atoms with E-state index in [1.807, 2.05) is 12.1 Å². The van der Waals surface area contributed by atoms with E-state index in [0.29, 0.717) is 37.8 Å². The van der Waals surface area contributed by atoms with Gasteiger partial charge in [0, 0.05) is 38.2 Å². The van der Waals surface area contributed by atoms with Crippen LogP contribution in [-0.4, -0.2) is 56.2 Å². The highest BCUT2D eigenvalue weighted by Crippen LogP contribution is 2.38. The van der Waals surface area contributed by atoms with E-state index >= 15 is 0 Å². The first-order valence-electron chi connectivity index (χ1n) is 8.81. The molecule has 0 radical (unpaired) electrons. The molecule has 8 heteroatoms. The van der Waals surface area contributed by atoms with Crippen molar-refractivity contribution < 1.29 is 13.2 Å². The molecule has 0 amide bonds. The molecule has 26 heavy (non-hydrogen) atoms.